The second kappa shape index (κ2) is 3.69. The van der Waals surface area contributed by atoms with Crippen molar-refractivity contribution in [2.45, 2.75) is 37.9 Å². The largest absolute Gasteiger partial charge is 0.390 e. The Labute approximate surface area is 143 Å². The Morgan fingerprint density at radius 2 is 0.833 bits per heavy atom. The van der Waals surface area contributed by atoms with Crippen LogP contribution in [0.1, 0.15) is 25.7 Å². The molecule has 2 nitrogen and oxygen atoms in total. The fourth-order valence-corrected chi connectivity index (χ4v) is 11.4. The Kier molecular flexibility index (Phi) is 1.99. The standard InChI is InChI=1S/C22H28O2/c23-21-13-6-14(22(21)24)20-12-5-11(19(13)20)17-9-4-10(18(12)17)16-8-2-1-7(3-8)15(9)16/h1-2,7-24H,3-6H2. The van der Waals surface area contributed by atoms with Crippen molar-refractivity contribution < 1.29 is 10.2 Å². The summed E-state index contributed by atoms with van der Waals surface area (Å²) in [4.78, 5) is 0. The van der Waals surface area contributed by atoms with Gasteiger partial charge in [0.25, 0.3) is 0 Å². The van der Waals surface area contributed by atoms with E-state index < -0.39 is 12.2 Å². The fourth-order valence-electron chi connectivity index (χ4n) is 11.4. The van der Waals surface area contributed by atoms with E-state index in [9.17, 15) is 10.2 Å². The molecule has 7 fully saturated rings. The Bertz CT molecular complexity index is 619. The number of rotatable bonds is 0. The van der Waals surface area contributed by atoms with Gasteiger partial charge in [-0.25, -0.2) is 0 Å². The summed E-state index contributed by atoms with van der Waals surface area (Å²) in [6, 6.07) is 0. The highest BCUT2D eigenvalue weighted by Crippen LogP contribution is 2.80. The van der Waals surface area contributed by atoms with E-state index in [1.165, 1.54) is 12.8 Å². The zero-order valence-corrected chi connectivity index (χ0v) is 14.1. The van der Waals surface area contributed by atoms with Crippen LogP contribution in [0, 0.1) is 82.9 Å². The third kappa shape index (κ3) is 1.08. The molecule has 16 unspecified atom stereocenters. The van der Waals surface area contributed by atoms with Crippen LogP contribution in [-0.2, 0) is 0 Å². The monoisotopic (exact) mass is 324 g/mol. The van der Waals surface area contributed by atoms with Crippen LogP contribution in [-0.4, -0.2) is 22.4 Å². The van der Waals surface area contributed by atoms with Crippen molar-refractivity contribution in [1.82, 2.24) is 0 Å². The number of hydrogen-bond acceptors (Lipinski definition) is 2. The molecule has 0 saturated heterocycles. The lowest BCUT2D eigenvalue weighted by molar-refractivity contribution is -0.0988. The molecule has 128 valence electrons. The summed E-state index contributed by atoms with van der Waals surface area (Å²) < 4.78 is 0. The van der Waals surface area contributed by atoms with Crippen LogP contribution in [0.5, 0.6) is 0 Å². The van der Waals surface area contributed by atoms with E-state index in [0.29, 0.717) is 11.8 Å². The van der Waals surface area contributed by atoms with E-state index in [2.05, 4.69) is 12.2 Å². The summed E-state index contributed by atoms with van der Waals surface area (Å²) in [7, 11) is 0. The van der Waals surface area contributed by atoms with Gasteiger partial charge in [-0.05, 0) is 109 Å². The van der Waals surface area contributed by atoms with E-state index in [1.807, 2.05) is 0 Å². The van der Waals surface area contributed by atoms with Gasteiger partial charge in [0.15, 0.2) is 0 Å². The summed E-state index contributed by atoms with van der Waals surface area (Å²) in [6.45, 7) is 0. The molecule has 0 aliphatic heterocycles. The molecular formula is C22H28O2. The molecule has 0 amide bonds. The number of hydrogen-bond donors (Lipinski definition) is 2. The molecule has 8 bridgehead atoms. The van der Waals surface area contributed by atoms with Crippen molar-refractivity contribution in [3.05, 3.63) is 12.2 Å². The lowest BCUT2D eigenvalue weighted by Crippen LogP contribution is -2.51. The lowest BCUT2D eigenvalue weighted by Gasteiger charge is -2.50. The third-order valence-corrected chi connectivity index (χ3v) is 11.3. The topological polar surface area (TPSA) is 40.5 Å². The average Bonchev–Trinajstić information content (AvgIpc) is 3.39. The quantitative estimate of drug-likeness (QED) is 0.531. The van der Waals surface area contributed by atoms with Gasteiger partial charge in [-0.2, -0.15) is 0 Å². The molecule has 0 aromatic rings. The van der Waals surface area contributed by atoms with Gasteiger partial charge in [-0.1, -0.05) is 12.2 Å². The highest BCUT2D eigenvalue weighted by Gasteiger charge is 2.76. The number of fused-ring (bicyclic) bond motifs is 23. The zero-order valence-electron chi connectivity index (χ0n) is 14.1. The first-order valence-electron chi connectivity index (χ1n) is 10.8. The van der Waals surface area contributed by atoms with Crippen LogP contribution in [0.4, 0.5) is 0 Å². The van der Waals surface area contributed by atoms with Crippen molar-refractivity contribution in [3.8, 4) is 0 Å². The Balaban J connectivity index is 1.23. The first kappa shape index (κ1) is 12.9. The normalized spacial score (nSPS) is 77.6. The molecule has 0 radical (unpaired) electrons. The minimum atomic E-state index is -0.397. The zero-order chi connectivity index (χ0) is 15.5. The minimum absolute atomic E-state index is 0.397. The summed E-state index contributed by atoms with van der Waals surface area (Å²) in [5, 5.41) is 21.0. The summed E-state index contributed by atoms with van der Waals surface area (Å²) in [5.74, 6) is 12.3. The predicted molar refractivity (Wildman–Crippen MR) is 88.5 cm³/mol. The Morgan fingerprint density at radius 3 is 1.33 bits per heavy atom. The number of aliphatic hydroxyl groups excluding tert-OH is 2. The van der Waals surface area contributed by atoms with E-state index in [1.54, 1.807) is 6.42 Å². The summed E-state index contributed by atoms with van der Waals surface area (Å²) in [6.07, 6.45) is 9.99. The van der Waals surface area contributed by atoms with Gasteiger partial charge >= 0.3 is 0 Å². The average molecular weight is 324 g/mol. The van der Waals surface area contributed by atoms with Crippen LogP contribution >= 0.6 is 0 Å². The van der Waals surface area contributed by atoms with Crippen molar-refractivity contribution in [3.63, 3.8) is 0 Å². The van der Waals surface area contributed by atoms with E-state index >= 15 is 0 Å². The van der Waals surface area contributed by atoms with Crippen LogP contribution in [0.25, 0.3) is 0 Å². The molecule has 8 aliphatic rings. The third-order valence-electron chi connectivity index (χ3n) is 11.3. The first-order valence-corrected chi connectivity index (χ1v) is 10.8. The molecule has 0 spiro atoms. The Morgan fingerprint density at radius 1 is 0.458 bits per heavy atom. The van der Waals surface area contributed by atoms with Gasteiger partial charge in [0.05, 0.1) is 12.2 Å². The van der Waals surface area contributed by atoms with E-state index in [0.717, 1.165) is 77.4 Å². The molecule has 0 aromatic carbocycles. The molecule has 2 heteroatoms. The lowest BCUT2D eigenvalue weighted by atomic mass is 9.55. The number of allylic oxidation sites excluding steroid dienone is 2. The van der Waals surface area contributed by atoms with Gasteiger partial charge in [0, 0.05) is 0 Å². The van der Waals surface area contributed by atoms with Gasteiger partial charge in [0.1, 0.15) is 0 Å². The Hall–Kier alpha value is -0.340. The van der Waals surface area contributed by atoms with Gasteiger partial charge in [-0.3, -0.25) is 0 Å². The molecule has 0 aromatic heterocycles. The summed E-state index contributed by atoms with van der Waals surface area (Å²) in [5.41, 5.74) is 0. The molecular weight excluding hydrogens is 296 g/mol. The van der Waals surface area contributed by atoms with E-state index in [-0.39, 0.29) is 0 Å². The smallest absolute Gasteiger partial charge is 0.0833 e. The van der Waals surface area contributed by atoms with Crippen molar-refractivity contribution in [2.75, 3.05) is 0 Å². The maximum absolute atomic E-state index is 10.5. The SMILES string of the molecule is OC1C(O)C2CC1C1C3CC(C21)C1C2CC(C4C5C=CC(C5)C24)C31. The van der Waals surface area contributed by atoms with Crippen LogP contribution in [0.2, 0.25) is 0 Å². The van der Waals surface area contributed by atoms with Crippen molar-refractivity contribution in [2.24, 2.45) is 82.9 Å². The van der Waals surface area contributed by atoms with Gasteiger partial charge < -0.3 is 10.2 Å². The second-order valence-corrected chi connectivity index (χ2v) is 11.1. The fraction of sp³-hybridized carbons (Fsp3) is 0.909. The second-order valence-electron chi connectivity index (χ2n) is 11.1. The molecule has 24 heavy (non-hydrogen) atoms. The highest BCUT2D eigenvalue weighted by molar-refractivity contribution is 5.27. The molecule has 8 aliphatic carbocycles. The van der Waals surface area contributed by atoms with Gasteiger partial charge in [0.2, 0.25) is 0 Å². The number of aliphatic hydroxyl groups is 2. The van der Waals surface area contributed by atoms with Crippen molar-refractivity contribution in [1.29, 1.82) is 0 Å². The minimum Gasteiger partial charge on any atom is -0.390 e. The molecule has 16 atom stereocenters. The summed E-state index contributed by atoms with van der Waals surface area (Å²) >= 11 is 0. The molecule has 7 saturated carbocycles. The molecule has 2 N–H and O–H groups in total. The molecule has 8 rings (SSSR count). The maximum atomic E-state index is 10.5. The predicted octanol–water partition coefficient (Wildman–Crippen LogP) is 2.56. The van der Waals surface area contributed by atoms with Crippen LogP contribution in [0.15, 0.2) is 12.2 Å². The van der Waals surface area contributed by atoms with Crippen LogP contribution in [0.3, 0.4) is 0 Å². The highest BCUT2D eigenvalue weighted by atomic mass is 16.3. The van der Waals surface area contributed by atoms with Crippen LogP contribution < -0.4 is 0 Å². The molecule has 0 heterocycles. The van der Waals surface area contributed by atoms with Gasteiger partial charge in [-0.15, -0.1) is 0 Å². The van der Waals surface area contributed by atoms with Crippen molar-refractivity contribution >= 4 is 0 Å². The van der Waals surface area contributed by atoms with E-state index in [4.69, 9.17) is 0 Å². The first-order chi connectivity index (χ1) is 11.7. The maximum Gasteiger partial charge on any atom is 0.0833 e.